The Hall–Kier alpha value is -2.11. The molecule has 5 heteroatoms. The number of anilines is 2. The highest BCUT2D eigenvalue weighted by Gasteiger charge is 2.20. The summed E-state index contributed by atoms with van der Waals surface area (Å²) >= 11 is 0. The van der Waals surface area contributed by atoms with E-state index >= 15 is 0 Å². The molecule has 0 bridgehead atoms. The Morgan fingerprint density at radius 3 is 2.20 bits per heavy atom. The highest BCUT2D eigenvalue weighted by molar-refractivity contribution is 5.81. The van der Waals surface area contributed by atoms with Crippen LogP contribution in [-0.2, 0) is 0 Å². The first-order chi connectivity index (χ1) is 9.50. The maximum Gasteiger partial charge on any atom is 0.126 e. The van der Waals surface area contributed by atoms with Crippen molar-refractivity contribution in [2.24, 2.45) is 0 Å². The van der Waals surface area contributed by atoms with Crippen molar-refractivity contribution >= 4 is 11.4 Å². The second kappa shape index (κ2) is 5.90. The summed E-state index contributed by atoms with van der Waals surface area (Å²) in [6.07, 6.45) is 1.74. The SMILES string of the molecule is CC(O)N(c1ccc(N)cc1-c1ccncc1)C(C)O. The molecule has 0 aliphatic rings. The van der Waals surface area contributed by atoms with Gasteiger partial charge in [0.15, 0.2) is 0 Å². The Morgan fingerprint density at radius 2 is 1.65 bits per heavy atom. The van der Waals surface area contributed by atoms with E-state index in [1.807, 2.05) is 18.2 Å². The zero-order valence-electron chi connectivity index (χ0n) is 11.6. The van der Waals surface area contributed by atoms with E-state index in [2.05, 4.69) is 4.98 Å². The Kier molecular flexibility index (Phi) is 4.22. The van der Waals surface area contributed by atoms with Gasteiger partial charge in [-0.05, 0) is 49.7 Å². The van der Waals surface area contributed by atoms with Crippen molar-refractivity contribution < 1.29 is 10.2 Å². The van der Waals surface area contributed by atoms with Crippen molar-refractivity contribution in [1.29, 1.82) is 0 Å². The van der Waals surface area contributed by atoms with E-state index in [1.54, 1.807) is 38.4 Å². The van der Waals surface area contributed by atoms with Gasteiger partial charge in [-0.1, -0.05) is 0 Å². The molecule has 0 amide bonds. The number of hydrogen-bond donors (Lipinski definition) is 3. The molecular weight excluding hydrogens is 254 g/mol. The van der Waals surface area contributed by atoms with Crippen LogP contribution in [0.15, 0.2) is 42.7 Å². The molecule has 1 aromatic heterocycles. The van der Waals surface area contributed by atoms with E-state index in [0.717, 1.165) is 16.8 Å². The quantitative estimate of drug-likeness (QED) is 0.584. The molecule has 0 aliphatic heterocycles. The molecule has 4 N–H and O–H groups in total. The molecule has 2 atom stereocenters. The second-order valence-corrected chi connectivity index (χ2v) is 4.68. The average molecular weight is 273 g/mol. The number of aromatic nitrogens is 1. The average Bonchev–Trinajstić information content (AvgIpc) is 2.41. The molecule has 0 fully saturated rings. The van der Waals surface area contributed by atoms with Crippen LogP contribution in [0.4, 0.5) is 11.4 Å². The monoisotopic (exact) mass is 273 g/mol. The third-order valence-corrected chi connectivity index (χ3v) is 3.10. The molecule has 5 nitrogen and oxygen atoms in total. The van der Waals surface area contributed by atoms with Crippen LogP contribution in [-0.4, -0.2) is 27.7 Å². The fourth-order valence-electron chi connectivity index (χ4n) is 2.26. The molecule has 0 saturated carbocycles. The zero-order chi connectivity index (χ0) is 14.7. The summed E-state index contributed by atoms with van der Waals surface area (Å²) in [6.45, 7) is 3.22. The van der Waals surface area contributed by atoms with Gasteiger partial charge in [-0.2, -0.15) is 0 Å². The van der Waals surface area contributed by atoms with Crippen LogP contribution in [0.25, 0.3) is 11.1 Å². The summed E-state index contributed by atoms with van der Waals surface area (Å²) in [5.41, 5.74) is 8.96. The molecule has 2 unspecified atom stereocenters. The predicted octanol–water partition coefficient (Wildman–Crippen LogP) is 1.81. The van der Waals surface area contributed by atoms with Gasteiger partial charge in [-0.25, -0.2) is 0 Å². The highest BCUT2D eigenvalue weighted by atomic mass is 16.3. The second-order valence-electron chi connectivity index (χ2n) is 4.68. The Balaban J connectivity index is 2.59. The summed E-state index contributed by atoms with van der Waals surface area (Å²) < 4.78 is 0. The van der Waals surface area contributed by atoms with E-state index in [-0.39, 0.29) is 0 Å². The minimum absolute atomic E-state index is 0.622. The zero-order valence-corrected chi connectivity index (χ0v) is 11.6. The van der Waals surface area contributed by atoms with Gasteiger partial charge in [0.2, 0.25) is 0 Å². The van der Waals surface area contributed by atoms with Gasteiger partial charge in [0.25, 0.3) is 0 Å². The van der Waals surface area contributed by atoms with E-state index in [9.17, 15) is 10.2 Å². The van der Waals surface area contributed by atoms with Crippen molar-refractivity contribution in [3.8, 4) is 11.1 Å². The summed E-state index contributed by atoms with van der Waals surface area (Å²) in [4.78, 5) is 5.52. The number of benzene rings is 1. The normalized spacial score (nSPS) is 13.8. The van der Waals surface area contributed by atoms with Gasteiger partial charge in [-0.15, -0.1) is 0 Å². The highest BCUT2D eigenvalue weighted by Crippen LogP contribution is 2.34. The maximum absolute atomic E-state index is 9.90. The maximum atomic E-state index is 9.90. The van der Waals surface area contributed by atoms with Crippen LogP contribution in [0.3, 0.4) is 0 Å². The van der Waals surface area contributed by atoms with Crippen LogP contribution >= 0.6 is 0 Å². The standard InChI is InChI=1S/C15H19N3O2/c1-10(19)18(11(2)20)15-4-3-13(16)9-14(15)12-5-7-17-8-6-12/h3-11,19-20H,16H2,1-2H3. The Bertz CT molecular complexity index is 563. The van der Waals surface area contributed by atoms with E-state index in [1.165, 1.54) is 4.90 Å². The number of rotatable bonds is 4. The van der Waals surface area contributed by atoms with Crippen molar-refractivity contribution in [2.45, 2.75) is 26.3 Å². The summed E-state index contributed by atoms with van der Waals surface area (Å²) in [5.74, 6) is 0. The van der Waals surface area contributed by atoms with Gasteiger partial charge in [0.05, 0.1) is 0 Å². The first kappa shape index (κ1) is 14.3. The largest absolute Gasteiger partial charge is 0.399 e. The fraction of sp³-hybridized carbons (Fsp3) is 0.267. The van der Waals surface area contributed by atoms with Crippen LogP contribution in [0.5, 0.6) is 0 Å². The number of nitrogens with two attached hydrogens (primary N) is 1. The molecule has 0 radical (unpaired) electrons. The molecule has 20 heavy (non-hydrogen) atoms. The van der Waals surface area contributed by atoms with Gasteiger partial charge in [0, 0.05) is 29.3 Å². The van der Waals surface area contributed by atoms with Crippen molar-refractivity contribution in [1.82, 2.24) is 4.98 Å². The molecule has 1 heterocycles. The number of aliphatic hydroxyl groups excluding tert-OH is 2. The third-order valence-electron chi connectivity index (χ3n) is 3.10. The Labute approximate surface area is 118 Å². The molecule has 2 aromatic rings. The van der Waals surface area contributed by atoms with E-state index in [4.69, 9.17) is 5.73 Å². The fourth-order valence-corrected chi connectivity index (χ4v) is 2.26. The predicted molar refractivity (Wildman–Crippen MR) is 79.9 cm³/mol. The number of nitrogens with zero attached hydrogens (tertiary/aromatic N) is 2. The molecule has 0 aliphatic carbocycles. The van der Waals surface area contributed by atoms with E-state index in [0.29, 0.717) is 5.69 Å². The molecule has 2 rings (SSSR count). The minimum atomic E-state index is -0.820. The van der Waals surface area contributed by atoms with Crippen molar-refractivity contribution in [2.75, 3.05) is 10.6 Å². The third kappa shape index (κ3) is 2.89. The van der Waals surface area contributed by atoms with Crippen LogP contribution in [0.1, 0.15) is 13.8 Å². The van der Waals surface area contributed by atoms with Crippen LogP contribution in [0.2, 0.25) is 0 Å². The first-order valence-corrected chi connectivity index (χ1v) is 6.45. The number of hydrogen-bond acceptors (Lipinski definition) is 5. The summed E-state index contributed by atoms with van der Waals surface area (Å²) in [6, 6.07) is 9.09. The van der Waals surface area contributed by atoms with Crippen LogP contribution < -0.4 is 10.6 Å². The molecule has 1 aromatic carbocycles. The number of pyridine rings is 1. The van der Waals surface area contributed by atoms with Crippen molar-refractivity contribution in [3.05, 3.63) is 42.7 Å². The topological polar surface area (TPSA) is 82.6 Å². The van der Waals surface area contributed by atoms with Gasteiger partial charge >= 0.3 is 0 Å². The van der Waals surface area contributed by atoms with Crippen molar-refractivity contribution in [3.63, 3.8) is 0 Å². The molecule has 106 valence electrons. The van der Waals surface area contributed by atoms with Gasteiger partial charge < -0.3 is 20.8 Å². The molecular formula is C15H19N3O2. The first-order valence-electron chi connectivity index (χ1n) is 6.45. The van der Waals surface area contributed by atoms with E-state index < -0.39 is 12.5 Å². The number of aliphatic hydroxyl groups is 2. The summed E-state index contributed by atoms with van der Waals surface area (Å²) in [7, 11) is 0. The lowest BCUT2D eigenvalue weighted by atomic mass is 10.0. The molecule has 0 saturated heterocycles. The number of nitrogen functional groups attached to an aromatic ring is 1. The van der Waals surface area contributed by atoms with Gasteiger partial charge in [0.1, 0.15) is 12.5 Å². The molecule has 0 spiro atoms. The lowest BCUT2D eigenvalue weighted by molar-refractivity contribution is 0.105. The smallest absolute Gasteiger partial charge is 0.126 e. The minimum Gasteiger partial charge on any atom is -0.399 e. The summed E-state index contributed by atoms with van der Waals surface area (Å²) in [5, 5.41) is 19.8. The lowest BCUT2D eigenvalue weighted by Crippen LogP contribution is -2.40. The lowest BCUT2D eigenvalue weighted by Gasteiger charge is -2.32. The Morgan fingerprint density at radius 1 is 1.05 bits per heavy atom. The van der Waals surface area contributed by atoms with Gasteiger partial charge in [-0.3, -0.25) is 4.98 Å². The van der Waals surface area contributed by atoms with Crippen LogP contribution in [0, 0.1) is 0 Å².